The lowest BCUT2D eigenvalue weighted by atomic mass is 9.92. The molecular weight excluding hydrogens is 479 g/mol. The first-order chi connectivity index (χ1) is 17.0. The van der Waals surface area contributed by atoms with Crippen LogP contribution in [0.3, 0.4) is 0 Å². The maximum absolute atomic E-state index is 13.3. The predicted molar refractivity (Wildman–Crippen MR) is 142 cm³/mol. The van der Waals surface area contributed by atoms with Crippen molar-refractivity contribution in [3.8, 4) is 5.75 Å². The highest BCUT2D eigenvalue weighted by Crippen LogP contribution is 2.36. The van der Waals surface area contributed by atoms with Crippen LogP contribution in [0.25, 0.3) is 21.5 Å². The molecule has 5 heteroatoms. The summed E-state index contributed by atoms with van der Waals surface area (Å²) in [7, 11) is 0. The lowest BCUT2D eigenvalue weighted by molar-refractivity contribution is -0.155. The summed E-state index contributed by atoms with van der Waals surface area (Å²) >= 11 is 12.2. The van der Waals surface area contributed by atoms with Crippen molar-refractivity contribution in [1.29, 1.82) is 0 Å². The molecule has 0 saturated heterocycles. The van der Waals surface area contributed by atoms with E-state index in [-0.39, 0.29) is 0 Å². The normalized spacial score (nSPS) is 12.1. The standard InChI is InChI=1S/C30H22Cl2O3/c1-19(34-28-17-16-22(31)18-27(28)32)30(33)35-29(25-14-6-10-20-8-2-4-12-23(20)25)26-15-7-11-21-9-3-5-13-24(21)26/h2-19,29H,1H3/t19-/m0/s1. The van der Waals surface area contributed by atoms with Crippen LogP contribution in [0.4, 0.5) is 0 Å². The van der Waals surface area contributed by atoms with Gasteiger partial charge in [-0.15, -0.1) is 0 Å². The number of carbonyl (C=O) groups excluding carboxylic acids is 1. The van der Waals surface area contributed by atoms with Crippen LogP contribution in [0.5, 0.6) is 5.75 Å². The van der Waals surface area contributed by atoms with Crippen LogP contribution in [-0.2, 0) is 9.53 Å². The van der Waals surface area contributed by atoms with Gasteiger partial charge < -0.3 is 9.47 Å². The van der Waals surface area contributed by atoms with Crippen molar-refractivity contribution in [2.75, 3.05) is 0 Å². The van der Waals surface area contributed by atoms with E-state index in [0.717, 1.165) is 32.7 Å². The molecule has 35 heavy (non-hydrogen) atoms. The summed E-state index contributed by atoms with van der Waals surface area (Å²) < 4.78 is 12.0. The topological polar surface area (TPSA) is 35.5 Å². The zero-order valence-corrected chi connectivity index (χ0v) is 20.5. The van der Waals surface area contributed by atoms with Crippen LogP contribution in [-0.4, -0.2) is 12.1 Å². The van der Waals surface area contributed by atoms with Crippen molar-refractivity contribution in [2.45, 2.75) is 19.1 Å². The Morgan fingerprint density at radius 2 is 1.26 bits per heavy atom. The van der Waals surface area contributed by atoms with E-state index in [2.05, 4.69) is 24.3 Å². The van der Waals surface area contributed by atoms with Crippen molar-refractivity contribution >= 4 is 50.7 Å². The van der Waals surface area contributed by atoms with Gasteiger partial charge in [-0.1, -0.05) is 108 Å². The van der Waals surface area contributed by atoms with Crippen LogP contribution in [0.1, 0.15) is 24.2 Å². The second-order valence-corrected chi connectivity index (χ2v) is 9.13. The molecule has 0 heterocycles. The molecule has 0 N–H and O–H groups in total. The van der Waals surface area contributed by atoms with Gasteiger partial charge in [0.25, 0.3) is 0 Å². The van der Waals surface area contributed by atoms with Gasteiger partial charge in [0, 0.05) is 16.1 Å². The van der Waals surface area contributed by atoms with Gasteiger partial charge in [0.15, 0.2) is 12.2 Å². The summed E-state index contributed by atoms with van der Waals surface area (Å²) in [5.41, 5.74) is 1.81. The number of benzene rings is 5. The fourth-order valence-electron chi connectivity index (χ4n) is 4.27. The minimum atomic E-state index is -0.888. The third-order valence-electron chi connectivity index (χ3n) is 5.98. The highest BCUT2D eigenvalue weighted by atomic mass is 35.5. The van der Waals surface area contributed by atoms with E-state index in [9.17, 15) is 4.79 Å². The Hall–Kier alpha value is -3.53. The second-order valence-electron chi connectivity index (χ2n) is 8.29. The van der Waals surface area contributed by atoms with E-state index in [1.807, 2.05) is 60.7 Å². The number of esters is 1. The maximum Gasteiger partial charge on any atom is 0.347 e. The highest BCUT2D eigenvalue weighted by molar-refractivity contribution is 6.35. The molecular formula is C30H22Cl2O3. The van der Waals surface area contributed by atoms with Gasteiger partial charge in [-0.3, -0.25) is 0 Å². The van der Waals surface area contributed by atoms with Gasteiger partial charge in [0.1, 0.15) is 5.75 Å². The minimum Gasteiger partial charge on any atom is -0.477 e. The number of carbonyl (C=O) groups is 1. The lowest BCUT2D eigenvalue weighted by Gasteiger charge is -2.24. The summed E-state index contributed by atoms with van der Waals surface area (Å²) in [6, 6.07) is 33.1. The van der Waals surface area contributed by atoms with E-state index >= 15 is 0 Å². The predicted octanol–water partition coefficient (Wildman–Crippen LogP) is 8.40. The van der Waals surface area contributed by atoms with Crippen LogP contribution < -0.4 is 4.74 Å². The van der Waals surface area contributed by atoms with Gasteiger partial charge in [-0.05, 0) is 46.7 Å². The lowest BCUT2D eigenvalue weighted by Crippen LogP contribution is -2.28. The first-order valence-corrected chi connectivity index (χ1v) is 12.0. The number of halogens is 2. The molecule has 174 valence electrons. The van der Waals surface area contributed by atoms with Crippen LogP contribution in [0.2, 0.25) is 10.0 Å². The number of hydrogen-bond acceptors (Lipinski definition) is 3. The Balaban J connectivity index is 1.55. The molecule has 5 aromatic rings. The highest BCUT2D eigenvalue weighted by Gasteiger charge is 2.27. The third kappa shape index (κ3) is 4.84. The van der Waals surface area contributed by atoms with Gasteiger partial charge in [-0.2, -0.15) is 0 Å². The minimum absolute atomic E-state index is 0.330. The number of rotatable bonds is 6. The molecule has 0 aliphatic heterocycles. The Bertz CT molecular complexity index is 1440. The molecule has 0 fully saturated rings. The maximum atomic E-state index is 13.3. The molecule has 0 aliphatic rings. The number of ether oxygens (including phenoxy) is 2. The summed E-state index contributed by atoms with van der Waals surface area (Å²) in [5.74, 6) is -0.130. The van der Waals surface area contributed by atoms with Crippen molar-refractivity contribution in [3.63, 3.8) is 0 Å². The Morgan fingerprint density at radius 3 is 1.83 bits per heavy atom. The van der Waals surface area contributed by atoms with Crippen molar-refractivity contribution in [1.82, 2.24) is 0 Å². The van der Waals surface area contributed by atoms with E-state index in [1.165, 1.54) is 0 Å². The molecule has 0 aromatic heterocycles. The number of hydrogen-bond donors (Lipinski definition) is 0. The fraction of sp³-hybridized carbons (Fsp3) is 0.100. The SMILES string of the molecule is C[C@H](Oc1ccc(Cl)cc1Cl)C(=O)OC(c1cccc2ccccc12)c1cccc2ccccc12. The van der Waals surface area contributed by atoms with E-state index < -0.39 is 18.2 Å². The van der Waals surface area contributed by atoms with Crippen LogP contribution >= 0.6 is 23.2 Å². The third-order valence-corrected chi connectivity index (χ3v) is 6.51. The smallest absolute Gasteiger partial charge is 0.347 e. The molecule has 3 nitrogen and oxygen atoms in total. The fourth-order valence-corrected chi connectivity index (χ4v) is 4.73. The Labute approximate surface area is 213 Å². The zero-order valence-electron chi connectivity index (χ0n) is 19.0. The summed E-state index contributed by atoms with van der Waals surface area (Å²) in [4.78, 5) is 13.3. The summed E-state index contributed by atoms with van der Waals surface area (Å²) in [5, 5.41) is 5.01. The van der Waals surface area contributed by atoms with E-state index in [1.54, 1.807) is 25.1 Å². The number of fused-ring (bicyclic) bond motifs is 2. The molecule has 0 amide bonds. The molecule has 0 bridgehead atoms. The molecule has 0 spiro atoms. The van der Waals surface area contributed by atoms with Gasteiger partial charge >= 0.3 is 5.97 Å². The monoisotopic (exact) mass is 500 g/mol. The molecule has 5 rings (SSSR count). The zero-order chi connectivity index (χ0) is 24.4. The first kappa shape index (κ1) is 23.2. The second kappa shape index (κ2) is 9.99. The molecule has 5 aromatic carbocycles. The van der Waals surface area contributed by atoms with Gasteiger partial charge in [-0.25, -0.2) is 4.79 Å². The van der Waals surface area contributed by atoms with Gasteiger partial charge in [0.05, 0.1) is 5.02 Å². The van der Waals surface area contributed by atoms with Crippen LogP contribution in [0.15, 0.2) is 103 Å². The quantitative estimate of drug-likeness (QED) is 0.219. The summed E-state index contributed by atoms with van der Waals surface area (Å²) in [6.45, 7) is 1.65. The van der Waals surface area contributed by atoms with Crippen molar-refractivity contribution in [3.05, 3.63) is 124 Å². The molecule has 0 saturated carbocycles. The van der Waals surface area contributed by atoms with Crippen LogP contribution in [0, 0.1) is 0 Å². The average molecular weight is 501 g/mol. The molecule has 0 radical (unpaired) electrons. The first-order valence-electron chi connectivity index (χ1n) is 11.3. The van der Waals surface area contributed by atoms with E-state index in [4.69, 9.17) is 32.7 Å². The van der Waals surface area contributed by atoms with Crippen molar-refractivity contribution in [2.24, 2.45) is 0 Å². The Kier molecular flexibility index (Phi) is 6.63. The largest absolute Gasteiger partial charge is 0.477 e. The molecule has 0 unspecified atom stereocenters. The average Bonchev–Trinajstić information content (AvgIpc) is 2.88. The molecule has 1 atom stereocenters. The van der Waals surface area contributed by atoms with Crippen molar-refractivity contribution < 1.29 is 14.3 Å². The van der Waals surface area contributed by atoms with Gasteiger partial charge in [0.2, 0.25) is 0 Å². The van der Waals surface area contributed by atoms with E-state index in [0.29, 0.717) is 15.8 Å². The molecule has 0 aliphatic carbocycles. The Morgan fingerprint density at radius 1 is 0.714 bits per heavy atom. The summed E-state index contributed by atoms with van der Waals surface area (Å²) in [6.07, 6.45) is -1.52.